The van der Waals surface area contributed by atoms with Gasteiger partial charge in [0.15, 0.2) is 0 Å². The van der Waals surface area contributed by atoms with E-state index in [1.165, 1.54) is 54.9 Å². The van der Waals surface area contributed by atoms with Crippen molar-refractivity contribution in [1.29, 1.82) is 0 Å². The van der Waals surface area contributed by atoms with Crippen molar-refractivity contribution >= 4 is 38.6 Å². The summed E-state index contributed by atoms with van der Waals surface area (Å²) in [4.78, 5) is 2.42. The maximum Gasteiger partial charge on any atom is 0.0540 e. The molecule has 1 nitrogen and oxygen atoms in total. The quantitative estimate of drug-likeness (QED) is 0.179. The fraction of sp³-hybridized carbons (Fsp3) is 0. The minimum Gasteiger partial charge on any atom is -0.310 e. The van der Waals surface area contributed by atoms with Gasteiger partial charge in [-0.1, -0.05) is 158 Å². The number of fused-ring (bicyclic) bond motifs is 3. The van der Waals surface area contributed by atoms with Gasteiger partial charge < -0.3 is 4.90 Å². The molecule has 0 spiro atoms. The third kappa shape index (κ3) is 5.05. The van der Waals surface area contributed by atoms with E-state index in [-0.39, 0.29) is 0 Å². The lowest BCUT2D eigenvalue weighted by Crippen LogP contribution is -2.11. The molecule has 0 atom stereocenters. The summed E-state index contributed by atoms with van der Waals surface area (Å²) >= 11 is 0. The van der Waals surface area contributed by atoms with Crippen molar-refractivity contribution < 1.29 is 0 Å². The lowest BCUT2D eigenvalue weighted by Gasteiger charge is -2.29. The molecule has 1 heteroatoms. The van der Waals surface area contributed by atoms with E-state index in [2.05, 4.69) is 193 Å². The van der Waals surface area contributed by atoms with E-state index in [4.69, 9.17) is 0 Å². The van der Waals surface area contributed by atoms with Crippen LogP contribution in [0.3, 0.4) is 0 Å². The molecule has 0 aliphatic carbocycles. The van der Waals surface area contributed by atoms with Crippen molar-refractivity contribution in [3.8, 4) is 33.4 Å². The zero-order valence-electron chi connectivity index (χ0n) is 24.8. The number of nitrogens with zero attached hydrogens (tertiary/aromatic N) is 1. The molecule has 0 saturated heterocycles. The number of benzene rings is 8. The monoisotopic (exact) mass is 573 g/mol. The fourth-order valence-electron chi connectivity index (χ4n) is 6.48. The molecule has 0 aliphatic heterocycles. The minimum absolute atomic E-state index is 1.11. The summed E-state index contributed by atoms with van der Waals surface area (Å²) in [5.41, 5.74) is 10.5. The summed E-state index contributed by atoms with van der Waals surface area (Å²) in [6.45, 7) is 0. The average molecular weight is 574 g/mol. The summed E-state index contributed by atoms with van der Waals surface area (Å²) in [6, 6.07) is 67.7. The Balaban J connectivity index is 1.41. The van der Waals surface area contributed by atoms with Crippen LogP contribution >= 0.6 is 0 Å². The van der Waals surface area contributed by atoms with Crippen LogP contribution in [-0.4, -0.2) is 0 Å². The third-order valence-electron chi connectivity index (χ3n) is 8.65. The summed E-state index contributed by atoms with van der Waals surface area (Å²) in [7, 11) is 0. The Hall–Kier alpha value is -5.92. The van der Waals surface area contributed by atoms with Crippen LogP contribution in [0.5, 0.6) is 0 Å². The van der Waals surface area contributed by atoms with Gasteiger partial charge in [0.2, 0.25) is 0 Å². The highest BCUT2D eigenvalue weighted by Crippen LogP contribution is 2.44. The topological polar surface area (TPSA) is 3.24 Å². The van der Waals surface area contributed by atoms with Crippen LogP contribution in [0.25, 0.3) is 54.9 Å². The number of hydrogen-bond acceptors (Lipinski definition) is 1. The number of rotatable bonds is 6. The van der Waals surface area contributed by atoms with Crippen LogP contribution in [0, 0.1) is 0 Å². The van der Waals surface area contributed by atoms with Gasteiger partial charge in [-0.25, -0.2) is 0 Å². The van der Waals surface area contributed by atoms with Crippen molar-refractivity contribution in [2.75, 3.05) is 4.90 Å². The fourth-order valence-corrected chi connectivity index (χ4v) is 6.48. The average Bonchev–Trinajstić information content (AvgIpc) is 3.13. The molecular formula is C44H31N. The molecule has 0 bridgehead atoms. The van der Waals surface area contributed by atoms with Crippen molar-refractivity contribution in [1.82, 2.24) is 0 Å². The molecule has 0 fully saturated rings. The van der Waals surface area contributed by atoms with Crippen LogP contribution in [0.4, 0.5) is 17.1 Å². The van der Waals surface area contributed by atoms with Gasteiger partial charge in [-0.3, -0.25) is 0 Å². The second kappa shape index (κ2) is 11.6. The van der Waals surface area contributed by atoms with E-state index < -0.39 is 0 Å². The van der Waals surface area contributed by atoms with Crippen LogP contribution in [0.2, 0.25) is 0 Å². The predicted octanol–water partition coefficient (Wildman–Crippen LogP) is 12.5. The normalized spacial score (nSPS) is 11.1. The van der Waals surface area contributed by atoms with Gasteiger partial charge in [0.1, 0.15) is 0 Å². The SMILES string of the molecule is c1ccc(-c2ccc(N(c3ccc4ccc5ccccc5c4c3)c3ccccc3-c3ccccc3)cc2-c2ccccc2)cc1. The predicted molar refractivity (Wildman–Crippen MR) is 192 cm³/mol. The molecular weight excluding hydrogens is 542 g/mol. The Morgan fingerprint density at radius 3 is 1.49 bits per heavy atom. The van der Waals surface area contributed by atoms with E-state index in [9.17, 15) is 0 Å². The molecule has 0 heterocycles. The molecule has 0 aliphatic rings. The van der Waals surface area contributed by atoms with Gasteiger partial charge in [0.05, 0.1) is 5.69 Å². The number of anilines is 3. The van der Waals surface area contributed by atoms with Crippen molar-refractivity contribution in [2.24, 2.45) is 0 Å². The van der Waals surface area contributed by atoms with E-state index >= 15 is 0 Å². The van der Waals surface area contributed by atoms with Gasteiger partial charge in [-0.15, -0.1) is 0 Å². The smallest absolute Gasteiger partial charge is 0.0540 e. The van der Waals surface area contributed by atoms with Gasteiger partial charge >= 0.3 is 0 Å². The molecule has 8 rings (SSSR count). The Bertz CT molecular complexity index is 2250. The van der Waals surface area contributed by atoms with E-state index in [0.717, 1.165) is 17.1 Å². The molecule has 0 N–H and O–H groups in total. The summed E-state index contributed by atoms with van der Waals surface area (Å²) in [5, 5.41) is 4.99. The first-order chi connectivity index (χ1) is 22.3. The molecule has 45 heavy (non-hydrogen) atoms. The van der Waals surface area contributed by atoms with Gasteiger partial charge in [-0.2, -0.15) is 0 Å². The van der Waals surface area contributed by atoms with E-state index in [1.807, 2.05) is 0 Å². The lowest BCUT2D eigenvalue weighted by atomic mass is 9.93. The minimum atomic E-state index is 1.11. The maximum atomic E-state index is 2.42. The van der Waals surface area contributed by atoms with Crippen molar-refractivity contribution in [3.05, 3.63) is 188 Å². The van der Waals surface area contributed by atoms with E-state index in [0.29, 0.717) is 0 Å². The first-order valence-corrected chi connectivity index (χ1v) is 15.4. The Kier molecular flexibility index (Phi) is 6.90. The highest BCUT2D eigenvalue weighted by Gasteiger charge is 2.20. The Morgan fingerprint density at radius 2 is 0.778 bits per heavy atom. The number of para-hydroxylation sites is 1. The molecule has 0 radical (unpaired) electrons. The molecule has 0 aromatic heterocycles. The van der Waals surface area contributed by atoms with Crippen molar-refractivity contribution in [3.63, 3.8) is 0 Å². The molecule has 8 aromatic carbocycles. The lowest BCUT2D eigenvalue weighted by molar-refractivity contribution is 1.29. The second-order valence-corrected chi connectivity index (χ2v) is 11.4. The van der Waals surface area contributed by atoms with Gasteiger partial charge in [-0.05, 0) is 79.7 Å². The Morgan fingerprint density at radius 1 is 0.289 bits per heavy atom. The zero-order valence-corrected chi connectivity index (χ0v) is 24.8. The van der Waals surface area contributed by atoms with Crippen LogP contribution in [0.15, 0.2) is 188 Å². The molecule has 212 valence electrons. The third-order valence-corrected chi connectivity index (χ3v) is 8.65. The molecule has 8 aromatic rings. The van der Waals surface area contributed by atoms with Crippen LogP contribution in [0.1, 0.15) is 0 Å². The van der Waals surface area contributed by atoms with Gasteiger partial charge in [0, 0.05) is 16.9 Å². The molecule has 0 saturated carbocycles. The first-order valence-electron chi connectivity index (χ1n) is 15.4. The summed E-state index contributed by atoms with van der Waals surface area (Å²) in [5.74, 6) is 0. The van der Waals surface area contributed by atoms with Crippen LogP contribution < -0.4 is 4.90 Å². The highest BCUT2D eigenvalue weighted by molar-refractivity contribution is 6.09. The molecule has 0 unspecified atom stereocenters. The highest BCUT2D eigenvalue weighted by atomic mass is 15.1. The number of hydrogen-bond donors (Lipinski definition) is 0. The first kappa shape index (κ1) is 26.7. The molecule has 0 amide bonds. The van der Waals surface area contributed by atoms with Gasteiger partial charge in [0.25, 0.3) is 0 Å². The maximum absolute atomic E-state index is 2.42. The largest absolute Gasteiger partial charge is 0.310 e. The Labute approximate surface area is 264 Å². The van der Waals surface area contributed by atoms with Crippen molar-refractivity contribution in [2.45, 2.75) is 0 Å². The summed E-state index contributed by atoms with van der Waals surface area (Å²) < 4.78 is 0. The standard InChI is InChI=1S/C44H31N/c1-4-14-32(15-5-1)40-29-28-38(31-42(40)34-18-8-3-9-19-34)45(44-23-13-12-22-41(44)33-16-6-2-7-17-33)37-27-26-36-25-24-35-20-10-11-21-39(35)43(36)30-37/h1-31H. The summed E-state index contributed by atoms with van der Waals surface area (Å²) in [6.07, 6.45) is 0. The second-order valence-electron chi connectivity index (χ2n) is 11.4. The van der Waals surface area contributed by atoms with Crippen LogP contribution in [-0.2, 0) is 0 Å². The van der Waals surface area contributed by atoms with E-state index in [1.54, 1.807) is 0 Å². The zero-order chi connectivity index (χ0) is 30.0.